The van der Waals surface area contributed by atoms with Gasteiger partial charge in [-0.1, -0.05) is 29.3 Å². The maximum Gasteiger partial charge on any atom is 0.420 e. The molecule has 1 aliphatic rings. The van der Waals surface area contributed by atoms with Gasteiger partial charge in [0.2, 0.25) is 0 Å². The molecule has 2 aromatic heterocycles. The van der Waals surface area contributed by atoms with Crippen molar-refractivity contribution in [3.8, 4) is 0 Å². The average molecular weight is 394 g/mol. The topological polar surface area (TPSA) is 55.3 Å². The van der Waals surface area contributed by atoms with Crippen molar-refractivity contribution < 1.29 is 9.53 Å². The molecule has 1 aliphatic carbocycles. The van der Waals surface area contributed by atoms with E-state index >= 15 is 0 Å². The quantitative estimate of drug-likeness (QED) is 0.571. The number of hydrogen-bond acceptors (Lipinski definition) is 5. The zero-order valence-corrected chi connectivity index (χ0v) is 15.3. The van der Waals surface area contributed by atoms with Gasteiger partial charge in [0, 0.05) is 6.20 Å². The molecule has 1 fully saturated rings. The minimum atomic E-state index is -0.546. The zero-order chi connectivity index (χ0) is 17.4. The van der Waals surface area contributed by atoms with Gasteiger partial charge in [0.05, 0.1) is 38.1 Å². The predicted molar refractivity (Wildman–Crippen MR) is 100 cm³/mol. The minimum absolute atomic E-state index is 0.346. The van der Waals surface area contributed by atoms with Crippen LogP contribution in [0.2, 0.25) is 10.0 Å². The van der Waals surface area contributed by atoms with Crippen molar-refractivity contribution in [3.05, 3.63) is 46.0 Å². The molecule has 3 aromatic rings. The number of carbonyl (C=O) groups is 1. The summed E-state index contributed by atoms with van der Waals surface area (Å²) in [5.74, 6) is 0.857. The summed E-state index contributed by atoms with van der Waals surface area (Å²) in [6.45, 7) is 0.385. The summed E-state index contributed by atoms with van der Waals surface area (Å²) in [5.41, 5.74) is 2.82. The van der Waals surface area contributed by atoms with E-state index in [0.29, 0.717) is 34.1 Å². The van der Waals surface area contributed by atoms with Crippen molar-refractivity contribution >= 4 is 62.4 Å². The molecule has 4 rings (SSSR count). The lowest BCUT2D eigenvalue weighted by molar-refractivity contribution is 0.151. The van der Waals surface area contributed by atoms with Crippen molar-refractivity contribution in [3.63, 3.8) is 0 Å². The van der Waals surface area contributed by atoms with Crippen molar-refractivity contribution in [2.75, 3.05) is 11.5 Å². The molecule has 0 aliphatic heterocycles. The van der Waals surface area contributed by atoms with E-state index in [-0.39, 0.29) is 0 Å². The maximum atomic E-state index is 12.9. The standard InChI is InChI=1S/C17H13Cl2N3O2S/c18-11-2-1-3-12(19)14(11)22(17(23)24-8-10-4-5-10)16-15-13(6-7-20-16)21-9-25-15/h1-3,6-7,9-10H,4-5,8H2. The highest BCUT2D eigenvalue weighted by Crippen LogP contribution is 2.41. The highest BCUT2D eigenvalue weighted by atomic mass is 35.5. The molecule has 1 amide bonds. The number of benzene rings is 1. The Morgan fingerprint density at radius 2 is 2.00 bits per heavy atom. The van der Waals surface area contributed by atoms with Gasteiger partial charge >= 0.3 is 6.09 Å². The Morgan fingerprint density at radius 3 is 2.72 bits per heavy atom. The summed E-state index contributed by atoms with van der Waals surface area (Å²) in [7, 11) is 0. The number of amides is 1. The highest BCUT2D eigenvalue weighted by Gasteiger charge is 2.30. The number of carbonyl (C=O) groups excluding carboxylic acids is 1. The van der Waals surface area contributed by atoms with Crippen LogP contribution in [0.15, 0.2) is 36.0 Å². The molecule has 0 atom stereocenters. The van der Waals surface area contributed by atoms with Crippen molar-refractivity contribution in [1.82, 2.24) is 9.97 Å². The Morgan fingerprint density at radius 1 is 1.24 bits per heavy atom. The lowest BCUT2D eigenvalue weighted by Crippen LogP contribution is -2.29. The van der Waals surface area contributed by atoms with Gasteiger partial charge in [0.15, 0.2) is 5.82 Å². The molecule has 2 heterocycles. The number of aromatic nitrogens is 2. The second-order valence-corrected chi connectivity index (χ2v) is 7.43. The number of hydrogen-bond donors (Lipinski definition) is 0. The molecule has 0 unspecified atom stereocenters. The van der Waals surface area contributed by atoms with Crippen LogP contribution in [0.1, 0.15) is 12.8 Å². The van der Waals surface area contributed by atoms with E-state index in [2.05, 4.69) is 9.97 Å². The van der Waals surface area contributed by atoms with Gasteiger partial charge in [0.1, 0.15) is 0 Å². The molecule has 25 heavy (non-hydrogen) atoms. The fourth-order valence-electron chi connectivity index (χ4n) is 2.46. The molecule has 1 saturated carbocycles. The summed E-state index contributed by atoms with van der Waals surface area (Å²) in [5, 5.41) is 0.693. The molecule has 5 nitrogen and oxygen atoms in total. The third-order valence-electron chi connectivity index (χ3n) is 3.92. The van der Waals surface area contributed by atoms with E-state index in [1.165, 1.54) is 16.2 Å². The summed E-state index contributed by atoms with van der Waals surface area (Å²) >= 11 is 14.1. The first-order valence-corrected chi connectivity index (χ1v) is 9.38. The van der Waals surface area contributed by atoms with Crippen LogP contribution in [0, 0.1) is 5.92 Å². The van der Waals surface area contributed by atoms with Crippen LogP contribution >= 0.6 is 34.5 Å². The number of anilines is 2. The van der Waals surface area contributed by atoms with Gasteiger partial charge in [-0.05, 0) is 37.0 Å². The SMILES string of the molecule is O=C(OCC1CC1)N(c1c(Cl)cccc1Cl)c1nccc2ncsc12. The van der Waals surface area contributed by atoms with Crippen LogP contribution in [0.3, 0.4) is 0 Å². The van der Waals surface area contributed by atoms with Crippen LogP contribution in [-0.2, 0) is 4.74 Å². The van der Waals surface area contributed by atoms with E-state index < -0.39 is 6.09 Å². The molecule has 0 spiro atoms. The second-order valence-electron chi connectivity index (χ2n) is 5.76. The first-order valence-electron chi connectivity index (χ1n) is 7.74. The van der Waals surface area contributed by atoms with Gasteiger partial charge < -0.3 is 4.74 Å². The summed E-state index contributed by atoms with van der Waals surface area (Å²) < 4.78 is 6.25. The van der Waals surface area contributed by atoms with Crippen LogP contribution < -0.4 is 4.90 Å². The molecule has 0 saturated heterocycles. The van der Waals surface area contributed by atoms with E-state index in [1.807, 2.05) is 0 Å². The zero-order valence-electron chi connectivity index (χ0n) is 13.0. The molecule has 0 N–H and O–H groups in total. The Hall–Kier alpha value is -1.89. The van der Waals surface area contributed by atoms with Crippen molar-refractivity contribution in [2.24, 2.45) is 5.92 Å². The van der Waals surface area contributed by atoms with Crippen LogP contribution in [0.25, 0.3) is 10.2 Å². The summed E-state index contributed by atoms with van der Waals surface area (Å²) in [6.07, 6.45) is 3.23. The number of rotatable bonds is 4. The fourth-order valence-corrected chi connectivity index (χ4v) is 3.79. The second kappa shape index (κ2) is 6.78. The third-order valence-corrected chi connectivity index (χ3v) is 5.37. The lowest BCUT2D eigenvalue weighted by Gasteiger charge is -2.23. The van der Waals surface area contributed by atoms with Gasteiger partial charge in [0.25, 0.3) is 0 Å². The van der Waals surface area contributed by atoms with Crippen molar-refractivity contribution in [1.29, 1.82) is 0 Å². The Labute approximate surface area is 158 Å². The van der Waals surface area contributed by atoms with Gasteiger partial charge in [-0.15, -0.1) is 11.3 Å². The molecule has 0 bridgehead atoms. The number of pyridine rings is 1. The van der Waals surface area contributed by atoms with E-state index in [9.17, 15) is 4.79 Å². The van der Waals surface area contributed by atoms with Crippen LogP contribution in [0.4, 0.5) is 16.3 Å². The number of para-hydroxylation sites is 1. The number of ether oxygens (including phenoxy) is 1. The highest BCUT2D eigenvalue weighted by molar-refractivity contribution is 7.17. The average Bonchev–Trinajstić information content (AvgIpc) is 3.30. The molecule has 0 radical (unpaired) electrons. The number of fused-ring (bicyclic) bond motifs is 1. The predicted octanol–water partition coefficient (Wildman–Crippen LogP) is 5.68. The fraction of sp³-hybridized carbons (Fsp3) is 0.235. The van der Waals surface area contributed by atoms with Crippen molar-refractivity contribution in [2.45, 2.75) is 12.8 Å². The molecule has 8 heteroatoms. The van der Waals surface area contributed by atoms with Gasteiger partial charge in [-0.2, -0.15) is 0 Å². The lowest BCUT2D eigenvalue weighted by atomic mass is 10.2. The Bertz CT molecular complexity index is 922. The van der Waals surface area contributed by atoms with Crippen LogP contribution in [0.5, 0.6) is 0 Å². The van der Waals surface area contributed by atoms with Crippen LogP contribution in [-0.4, -0.2) is 22.7 Å². The normalized spacial score (nSPS) is 13.8. The van der Waals surface area contributed by atoms with Gasteiger partial charge in [-0.25, -0.2) is 19.7 Å². The largest absolute Gasteiger partial charge is 0.449 e. The maximum absolute atomic E-state index is 12.9. The van der Waals surface area contributed by atoms with E-state index in [1.54, 1.807) is 36.0 Å². The molecular formula is C17H13Cl2N3O2S. The molecule has 1 aromatic carbocycles. The number of halogens is 2. The van der Waals surface area contributed by atoms with E-state index in [4.69, 9.17) is 27.9 Å². The molecule has 128 valence electrons. The first kappa shape index (κ1) is 16.6. The Kier molecular flexibility index (Phi) is 4.50. The number of nitrogens with zero attached hydrogens (tertiary/aromatic N) is 3. The Balaban J connectivity index is 1.83. The van der Waals surface area contributed by atoms with E-state index in [0.717, 1.165) is 23.1 Å². The smallest absolute Gasteiger partial charge is 0.420 e. The summed E-state index contributed by atoms with van der Waals surface area (Å²) in [6, 6.07) is 6.87. The van der Waals surface area contributed by atoms with Gasteiger partial charge in [-0.3, -0.25) is 0 Å². The summed E-state index contributed by atoms with van der Waals surface area (Å²) in [4.78, 5) is 22.9. The molecular weight excluding hydrogens is 381 g/mol. The number of thiazole rings is 1. The minimum Gasteiger partial charge on any atom is -0.449 e. The third kappa shape index (κ3) is 3.29. The monoisotopic (exact) mass is 393 g/mol. The first-order chi connectivity index (χ1) is 12.1.